The molecule has 0 spiro atoms. The predicted octanol–water partition coefficient (Wildman–Crippen LogP) is -0.182. The highest BCUT2D eigenvalue weighted by Crippen LogP contribution is 2.42. The summed E-state index contributed by atoms with van der Waals surface area (Å²) < 4.78 is 0. The molecular weight excluding hydrogens is 270 g/mol. The Morgan fingerprint density at radius 1 is 1.24 bits per heavy atom. The van der Waals surface area contributed by atoms with Gasteiger partial charge in [-0.2, -0.15) is 0 Å². The Kier molecular flexibility index (Phi) is 5.22. The van der Waals surface area contributed by atoms with Crippen LogP contribution in [-0.2, 0) is 9.59 Å². The molecule has 2 rings (SSSR count). The minimum Gasteiger partial charge on any atom is -0.392 e. The molecule has 0 unspecified atom stereocenters. The molecule has 1 aliphatic carbocycles. The molecule has 0 aromatic rings. The standard InChI is InChI=1S/C15H27N3O3/c1-3-12(19)11-17-7-9-18(10-8-17)14(21)15(5-4-6-15)13(20)16-2/h12,19H,3-11H2,1-2H3,(H,16,20)/t12-/m0/s1. The van der Waals surface area contributed by atoms with Crippen LogP contribution in [0.2, 0.25) is 0 Å². The second-order valence-electron chi connectivity index (χ2n) is 6.17. The topological polar surface area (TPSA) is 72.9 Å². The number of rotatable bonds is 5. The quantitative estimate of drug-likeness (QED) is 0.690. The maximum absolute atomic E-state index is 12.7. The van der Waals surface area contributed by atoms with E-state index in [1.807, 2.05) is 11.8 Å². The summed E-state index contributed by atoms with van der Waals surface area (Å²) in [5.74, 6) is -0.147. The lowest BCUT2D eigenvalue weighted by atomic mass is 9.67. The van der Waals surface area contributed by atoms with Crippen LogP contribution in [0.1, 0.15) is 32.6 Å². The monoisotopic (exact) mass is 297 g/mol. The van der Waals surface area contributed by atoms with Crippen molar-refractivity contribution in [3.8, 4) is 0 Å². The minimum absolute atomic E-state index is 0.0104. The largest absolute Gasteiger partial charge is 0.392 e. The number of hydrogen-bond acceptors (Lipinski definition) is 4. The lowest BCUT2D eigenvalue weighted by Gasteiger charge is -2.44. The second-order valence-corrected chi connectivity index (χ2v) is 6.17. The van der Waals surface area contributed by atoms with Crippen molar-refractivity contribution in [1.82, 2.24) is 15.1 Å². The molecular formula is C15H27N3O3. The number of carbonyl (C=O) groups excluding carboxylic acids is 2. The number of hydrogen-bond donors (Lipinski definition) is 2. The number of aliphatic hydroxyl groups is 1. The van der Waals surface area contributed by atoms with Crippen LogP contribution in [0.4, 0.5) is 0 Å². The first kappa shape index (κ1) is 16.2. The van der Waals surface area contributed by atoms with Gasteiger partial charge in [0.2, 0.25) is 11.8 Å². The lowest BCUT2D eigenvalue weighted by molar-refractivity contribution is -0.158. The van der Waals surface area contributed by atoms with Crippen LogP contribution in [0.25, 0.3) is 0 Å². The van der Waals surface area contributed by atoms with Gasteiger partial charge in [-0.1, -0.05) is 13.3 Å². The molecule has 0 bridgehead atoms. The summed E-state index contributed by atoms with van der Waals surface area (Å²) in [6.07, 6.45) is 2.73. The Bertz CT molecular complexity index is 388. The van der Waals surface area contributed by atoms with Crippen molar-refractivity contribution in [2.75, 3.05) is 39.8 Å². The molecule has 0 aromatic heterocycles. The molecule has 2 N–H and O–H groups in total. The normalized spacial score (nSPS) is 23.3. The second kappa shape index (κ2) is 6.75. The first-order valence-electron chi connectivity index (χ1n) is 7.95. The molecule has 6 heteroatoms. The van der Waals surface area contributed by atoms with Crippen molar-refractivity contribution >= 4 is 11.8 Å². The van der Waals surface area contributed by atoms with Gasteiger partial charge in [0.05, 0.1) is 6.10 Å². The molecule has 1 heterocycles. The van der Waals surface area contributed by atoms with E-state index in [9.17, 15) is 14.7 Å². The van der Waals surface area contributed by atoms with Gasteiger partial charge in [-0.3, -0.25) is 14.5 Å². The van der Waals surface area contributed by atoms with Crippen LogP contribution in [0.15, 0.2) is 0 Å². The van der Waals surface area contributed by atoms with E-state index in [-0.39, 0.29) is 17.9 Å². The smallest absolute Gasteiger partial charge is 0.238 e. The van der Waals surface area contributed by atoms with Gasteiger partial charge in [-0.25, -0.2) is 0 Å². The Labute approximate surface area is 126 Å². The fraction of sp³-hybridized carbons (Fsp3) is 0.867. The molecule has 21 heavy (non-hydrogen) atoms. The van der Waals surface area contributed by atoms with Crippen LogP contribution >= 0.6 is 0 Å². The SMILES string of the molecule is CC[C@H](O)CN1CCN(C(=O)C2(C(=O)NC)CCC2)CC1. The van der Waals surface area contributed by atoms with Crippen molar-refractivity contribution in [2.45, 2.75) is 38.7 Å². The zero-order valence-corrected chi connectivity index (χ0v) is 13.1. The van der Waals surface area contributed by atoms with E-state index in [2.05, 4.69) is 10.2 Å². The molecule has 2 amide bonds. The number of amides is 2. The van der Waals surface area contributed by atoms with E-state index in [1.54, 1.807) is 7.05 Å². The van der Waals surface area contributed by atoms with E-state index >= 15 is 0 Å². The summed E-state index contributed by atoms with van der Waals surface area (Å²) in [6.45, 7) is 5.47. The maximum atomic E-state index is 12.7. The summed E-state index contributed by atoms with van der Waals surface area (Å²) >= 11 is 0. The van der Waals surface area contributed by atoms with Gasteiger partial charge in [0.15, 0.2) is 0 Å². The molecule has 6 nitrogen and oxygen atoms in total. The molecule has 0 radical (unpaired) electrons. The van der Waals surface area contributed by atoms with Crippen LogP contribution in [0.5, 0.6) is 0 Å². The van der Waals surface area contributed by atoms with Gasteiger partial charge in [-0.05, 0) is 19.3 Å². The number of nitrogens with one attached hydrogen (secondary N) is 1. The molecule has 120 valence electrons. The number of nitrogens with zero attached hydrogens (tertiary/aromatic N) is 2. The Morgan fingerprint density at radius 2 is 1.86 bits per heavy atom. The average Bonchev–Trinajstić information content (AvgIpc) is 2.46. The highest BCUT2D eigenvalue weighted by Gasteiger charge is 2.52. The highest BCUT2D eigenvalue weighted by atomic mass is 16.3. The van der Waals surface area contributed by atoms with Gasteiger partial charge in [-0.15, -0.1) is 0 Å². The molecule has 1 atom stereocenters. The third kappa shape index (κ3) is 3.21. The van der Waals surface area contributed by atoms with Crippen LogP contribution in [0.3, 0.4) is 0 Å². The fourth-order valence-electron chi connectivity index (χ4n) is 3.17. The number of carbonyl (C=O) groups is 2. The maximum Gasteiger partial charge on any atom is 0.238 e. The average molecular weight is 297 g/mol. The van der Waals surface area contributed by atoms with E-state index in [1.165, 1.54) is 0 Å². The highest BCUT2D eigenvalue weighted by molar-refractivity contribution is 6.05. The van der Waals surface area contributed by atoms with E-state index in [0.29, 0.717) is 32.5 Å². The van der Waals surface area contributed by atoms with Crippen LogP contribution in [-0.4, -0.2) is 72.6 Å². The summed E-state index contributed by atoms with van der Waals surface area (Å²) in [5, 5.41) is 12.3. The van der Waals surface area contributed by atoms with Gasteiger partial charge in [0, 0.05) is 39.8 Å². The van der Waals surface area contributed by atoms with Crippen molar-refractivity contribution in [3.63, 3.8) is 0 Å². The van der Waals surface area contributed by atoms with Crippen molar-refractivity contribution in [3.05, 3.63) is 0 Å². The number of piperazine rings is 1. The van der Waals surface area contributed by atoms with E-state index in [0.717, 1.165) is 25.9 Å². The molecule has 0 aromatic carbocycles. The zero-order valence-electron chi connectivity index (χ0n) is 13.1. The first-order valence-corrected chi connectivity index (χ1v) is 7.95. The Morgan fingerprint density at radius 3 is 2.29 bits per heavy atom. The zero-order chi connectivity index (χ0) is 15.5. The fourth-order valence-corrected chi connectivity index (χ4v) is 3.17. The van der Waals surface area contributed by atoms with Crippen LogP contribution < -0.4 is 5.32 Å². The van der Waals surface area contributed by atoms with Crippen molar-refractivity contribution in [2.24, 2.45) is 5.41 Å². The van der Waals surface area contributed by atoms with Gasteiger partial charge in [0.25, 0.3) is 0 Å². The third-order valence-electron chi connectivity index (χ3n) is 4.88. The Hall–Kier alpha value is -1.14. The molecule has 1 aliphatic heterocycles. The van der Waals surface area contributed by atoms with Crippen molar-refractivity contribution < 1.29 is 14.7 Å². The summed E-state index contributed by atoms with van der Waals surface area (Å²) in [4.78, 5) is 28.7. The number of β-amino-alcohol motifs (C(OH)–C–C–N with tert-alkyl or cyclic N) is 1. The van der Waals surface area contributed by atoms with Gasteiger partial charge < -0.3 is 15.3 Å². The van der Waals surface area contributed by atoms with E-state index in [4.69, 9.17) is 0 Å². The molecule has 1 saturated heterocycles. The van der Waals surface area contributed by atoms with Gasteiger partial charge in [0.1, 0.15) is 5.41 Å². The van der Waals surface area contributed by atoms with Crippen LogP contribution in [0, 0.1) is 5.41 Å². The molecule has 2 aliphatic rings. The third-order valence-corrected chi connectivity index (χ3v) is 4.88. The summed E-state index contributed by atoms with van der Waals surface area (Å²) in [6, 6.07) is 0. The molecule has 2 fully saturated rings. The first-order chi connectivity index (χ1) is 10.0. The minimum atomic E-state index is -0.806. The lowest BCUT2D eigenvalue weighted by Crippen LogP contribution is -2.59. The predicted molar refractivity (Wildman–Crippen MR) is 79.7 cm³/mol. The summed E-state index contributed by atoms with van der Waals surface area (Å²) in [7, 11) is 1.60. The Balaban J connectivity index is 1.89. The molecule has 1 saturated carbocycles. The van der Waals surface area contributed by atoms with E-state index < -0.39 is 5.41 Å². The number of aliphatic hydroxyl groups excluding tert-OH is 1. The van der Waals surface area contributed by atoms with Crippen molar-refractivity contribution in [1.29, 1.82) is 0 Å². The summed E-state index contributed by atoms with van der Waals surface area (Å²) in [5.41, 5.74) is -0.806. The van der Waals surface area contributed by atoms with Gasteiger partial charge >= 0.3 is 0 Å².